The Labute approximate surface area is 131 Å². The molecule has 2 aromatic carbocycles. The molecule has 23 heavy (non-hydrogen) atoms. The predicted molar refractivity (Wildman–Crippen MR) is 80.7 cm³/mol. The summed E-state index contributed by atoms with van der Waals surface area (Å²) in [7, 11) is 0. The van der Waals surface area contributed by atoms with Gasteiger partial charge in [0.15, 0.2) is 12.4 Å². The first-order valence-corrected chi connectivity index (χ1v) is 6.64. The van der Waals surface area contributed by atoms with Gasteiger partial charge in [-0.05, 0) is 31.2 Å². The van der Waals surface area contributed by atoms with Gasteiger partial charge in [-0.15, -0.1) is 0 Å². The Kier molecular flexibility index (Phi) is 5.03. The Morgan fingerprint density at radius 2 is 1.78 bits per heavy atom. The van der Waals surface area contributed by atoms with Crippen molar-refractivity contribution in [2.24, 2.45) is 0 Å². The lowest BCUT2D eigenvalue weighted by molar-refractivity contribution is -0.384. The number of Topliss-reactive ketones (excluding diaryl/α,β-unsaturated/α-hetero) is 1. The van der Waals surface area contributed by atoms with Crippen LogP contribution in [0.1, 0.15) is 17.3 Å². The lowest BCUT2D eigenvalue weighted by Gasteiger charge is -2.07. The molecular weight excluding hydrogens is 302 g/mol. The van der Waals surface area contributed by atoms with E-state index in [0.717, 1.165) is 0 Å². The minimum absolute atomic E-state index is 0.0953. The fraction of sp³-hybridized carbons (Fsp3) is 0.125. The summed E-state index contributed by atoms with van der Waals surface area (Å²) >= 11 is 0. The normalized spacial score (nSPS) is 9.96. The van der Waals surface area contributed by atoms with Crippen molar-refractivity contribution in [2.75, 3.05) is 6.61 Å². The van der Waals surface area contributed by atoms with E-state index >= 15 is 0 Å². The molecule has 0 saturated carbocycles. The molecule has 0 aromatic heterocycles. The molecular formula is C16H13NO6. The van der Waals surface area contributed by atoms with Crippen molar-refractivity contribution in [3.63, 3.8) is 0 Å². The third-order valence-electron chi connectivity index (χ3n) is 2.88. The van der Waals surface area contributed by atoms with Crippen LogP contribution in [0, 0.1) is 10.1 Å². The first kappa shape index (κ1) is 16.2. The van der Waals surface area contributed by atoms with E-state index in [1.807, 2.05) is 0 Å². The molecule has 0 radical (unpaired) electrons. The van der Waals surface area contributed by atoms with E-state index in [1.165, 1.54) is 37.3 Å². The van der Waals surface area contributed by atoms with Crippen molar-refractivity contribution in [3.05, 3.63) is 64.2 Å². The molecule has 0 bridgehead atoms. The standard InChI is InChI=1S/C16H13NO6/c1-11(18)12-3-2-4-15(9-12)22-10-16(19)23-14-7-5-13(6-8-14)17(20)21/h2-9H,10H2,1H3. The van der Waals surface area contributed by atoms with Crippen LogP contribution in [-0.4, -0.2) is 23.3 Å². The Hall–Kier alpha value is -3.22. The number of nitrogens with zero attached hydrogens (tertiary/aromatic N) is 1. The molecule has 0 N–H and O–H groups in total. The number of hydrogen-bond donors (Lipinski definition) is 0. The second-order valence-electron chi connectivity index (χ2n) is 4.60. The summed E-state index contributed by atoms with van der Waals surface area (Å²) in [5.74, 6) is -0.212. The monoisotopic (exact) mass is 315 g/mol. The zero-order chi connectivity index (χ0) is 16.8. The van der Waals surface area contributed by atoms with Gasteiger partial charge in [0.05, 0.1) is 4.92 Å². The number of carbonyl (C=O) groups is 2. The molecule has 0 amide bonds. The summed E-state index contributed by atoms with van der Waals surface area (Å²) in [5.41, 5.74) is 0.383. The topological polar surface area (TPSA) is 95.7 Å². The van der Waals surface area contributed by atoms with Crippen molar-refractivity contribution in [2.45, 2.75) is 6.92 Å². The van der Waals surface area contributed by atoms with E-state index < -0.39 is 10.9 Å². The van der Waals surface area contributed by atoms with Gasteiger partial charge in [-0.25, -0.2) is 4.79 Å². The Morgan fingerprint density at radius 1 is 1.09 bits per heavy atom. The molecule has 118 valence electrons. The van der Waals surface area contributed by atoms with E-state index in [4.69, 9.17) is 9.47 Å². The molecule has 0 aliphatic heterocycles. The molecule has 0 atom stereocenters. The van der Waals surface area contributed by atoms with E-state index in [1.54, 1.807) is 18.2 Å². The van der Waals surface area contributed by atoms with Crippen LogP contribution in [0.25, 0.3) is 0 Å². The predicted octanol–water partition coefficient (Wildman–Crippen LogP) is 2.78. The second kappa shape index (κ2) is 7.17. The smallest absolute Gasteiger partial charge is 0.349 e. The van der Waals surface area contributed by atoms with Crippen LogP contribution in [-0.2, 0) is 4.79 Å². The van der Waals surface area contributed by atoms with Crippen LogP contribution in [0.3, 0.4) is 0 Å². The molecule has 0 aliphatic carbocycles. The molecule has 2 rings (SSSR count). The van der Waals surface area contributed by atoms with Gasteiger partial charge in [-0.2, -0.15) is 0 Å². The van der Waals surface area contributed by atoms with Gasteiger partial charge in [0.25, 0.3) is 5.69 Å². The van der Waals surface area contributed by atoms with Crippen LogP contribution >= 0.6 is 0 Å². The zero-order valence-corrected chi connectivity index (χ0v) is 12.2. The van der Waals surface area contributed by atoms with Gasteiger partial charge in [-0.3, -0.25) is 14.9 Å². The summed E-state index contributed by atoms with van der Waals surface area (Å²) in [6.45, 7) is 1.08. The Morgan fingerprint density at radius 3 is 2.39 bits per heavy atom. The number of rotatable bonds is 6. The van der Waals surface area contributed by atoms with E-state index in [9.17, 15) is 19.7 Å². The molecule has 0 saturated heterocycles. The van der Waals surface area contributed by atoms with Gasteiger partial charge >= 0.3 is 5.97 Å². The molecule has 0 unspecified atom stereocenters. The lowest BCUT2D eigenvalue weighted by atomic mass is 10.1. The van der Waals surface area contributed by atoms with Gasteiger partial charge in [0.2, 0.25) is 0 Å². The zero-order valence-electron chi connectivity index (χ0n) is 12.2. The maximum Gasteiger partial charge on any atom is 0.349 e. The molecule has 7 heteroatoms. The fourth-order valence-electron chi connectivity index (χ4n) is 1.74. The molecule has 0 aliphatic rings. The number of benzene rings is 2. The summed E-state index contributed by atoms with van der Waals surface area (Å²) < 4.78 is 10.3. The maximum absolute atomic E-state index is 11.7. The van der Waals surface area contributed by atoms with Crippen molar-refractivity contribution >= 4 is 17.4 Å². The number of carbonyl (C=O) groups excluding carboxylic acids is 2. The summed E-state index contributed by atoms with van der Waals surface area (Å²) in [6, 6.07) is 11.6. The molecule has 2 aromatic rings. The van der Waals surface area contributed by atoms with Crippen molar-refractivity contribution < 1.29 is 24.0 Å². The quantitative estimate of drug-likeness (QED) is 0.267. The highest BCUT2D eigenvalue weighted by atomic mass is 16.6. The summed E-state index contributed by atoms with van der Waals surface area (Å²) in [4.78, 5) is 32.9. The molecule has 0 spiro atoms. The van der Waals surface area contributed by atoms with E-state index in [-0.39, 0.29) is 23.8 Å². The minimum Gasteiger partial charge on any atom is -0.482 e. The Bertz CT molecular complexity index is 738. The number of ether oxygens (including phenoxy) is 2. The number of nitro benzene ring substituents is 1. The summed E-state index contributed by atoms with van der Waals surface area (Å²) in [6.07, 6.45) is 0. The highest BCUT2D eigenvalue weighted by Gasteiger charge is 2.09. The van der Waals surface area contributed by atoms with Crippen LogP contribution in [0.5, 0.6) is 11.5 Å². The number of hydrogen-bond acceptors (Lipinski definition) is 6. The van der Waals surface area contributed by atoms with E-state index in [0.29, 0.717) is 11.3 Å². The number of ketones is 1. The highest BCUT2D eigenvalue weighted by molar-refractivity contribution is 5.94. The largest absolute Gasteiger partial charge is 0.482 e. The van der Waals surface area contributed by atoms with E-state index in [2.05, 4.69) is 0 Å². The van der Waals surface area contributed by atoms with Gasteiger partial charge < -0.3 is 9.47 Å². The van der Waals surface area contributed by atoms with Crippen molar-refractivity contribution in [1.82, 2.24) is 0 Å². The summed E-state index contributed by atoms with van der Waals surface area (Å²) in [5, 5.41) is 10.5. The highest BCUT2D eigenvalue weighted by Crippen LogP contribution is 2.18. The van der Waals surface area contributed by atoms with Crippen LogP contribution in [0.4, 0.5) is 5.69 Å². The first-order chi connectivity index (χ1) is 11.0. The van der Waals surface area contributed by atoms with Gasteiger partial charge in [0.1, 0.15) is 11.5 Å². The SMILES string of the molecule is CC(=O)c1cccc(OCC(=O)Oc2ccc([N+](=O)[O-])cc2)c1. The number of nitro groups is 1. The molecule has 7 nitrogen and oxygen atoms in total. The first-order valence-electron chi connectivity index (χ1n) is 6.64. The van der Waals surface area contributed by atoms with Crippen molar-refractivity contribution in [3.8, 4) is 11.5 Å². The van der Waals surface area contributed by atoms with Crippen LogP contribution in [0.2, 0.25) is 0 Å². The number of non-ortho nitro benzene ring substituents is 1. The average molecular weight is 315 g/mol. The van der Waals surface area contributed by atoms with Gasteiger partial charge in [0, 0.05) is 17.7 Å². The number of esters is 1. The minimum atomic E-state index is -0.660. The van der Waals surface area contributed by atoms with Crippen molar-refractivity contribution in [1.29, 1.82) is 0 Å². The second-order valence-corrected chi connectivity index (χ2v) is 4.60. The molecule has 0 fully saturated rings. The average Bonchev–Trinajstić information content (AvgIpc) is 2.53. The van der Waals surface area contributed by atoms with Gasteiger partial charge in [-0.1, -0.05) is 12.1 Å². The van der Waals surface area contributed by atoms with Crippen LogP contribution < -0.4 is 9.47 Å². The lowest BCUT2D eigenvalue weighted by Crippen LogP contribution is -2.17. The molecule has 0 heterocycles. The third kappa shape index (κ3) is 4.63. The van der Waals surface area contributed by atoms with Crippen LogP contribution in [0.15, 0.2) is 48.5 Å². The maximum atomic E-state index is 11.7. The Balaban J connectivity index is 1.91. The third-order valence-corrected chi connectivity index (χ3v) is 2.88. The fourth-order valence-corrected chi connectivity index (χ4v) is 1.74.